The van der Waals surface area contributed by atoms with E-state index in [2.05, 4.69) is 17.2 Å². The third-order valence-electron chi connectivity index (χ3n) is 3.50. The summed E-state index contributed by atoms with van der Waals surface area (Å²) in [6.07, 6.45) is 13.1. The van der Waals surface area contributed by atoms with Gasteiger partial charge in [-0.25, -0.2) is 0 Å². The molecule has 100 valence electrons. The fourth-order valence-corrected chi connectivity index (χ4v) is 2.42. The average Bonchev–Trinajstić information content (AvgIpc) is 2.80. The van der Waals surface area contributed by atoms with Gasteiger partial charge >= 0.3 is 0 Å². The second kappa shape index (κ2) is 9.32. The van der Waals surface area contributed by atoms with Gasteiger partial charge in [-0.05, 0) is 19.3 Å². The van der Waals surface area contributed by atoms with Crippen LogP contribution in [0, 0.1) is 0 Å². The van der Waals surface area contributed by atoms with Crippen LogP contribution < -0.4 is 11.1 Å². The van der Waals surface area contributed by atoms with Gasteiger partial charge < -0.3 is 11.1 Å². The molecule has 1 saturated carbocycles. The standard InChI is InChI=1S/C14H29N3/c1-2-3-4-5-6-9-12-16-14(15)17-13-10-7-8-11-13/h13H,2-12H2,1H3,(H3,15,16,17). The average molecular weight is 239 g/mol. The fourth-order valence-electron chi connectivity index (χ4n) is 2.42. The zero-order valence-corrected chi connectivity index (χ0v) is 11.4. The van der Waals surface area contributed by atoms with Gasteiger partial charge in [-0.15, -0.1) is 0 Å². The van der Waals surface area contributed by atoms with Crippen LogP contribution in [0.25, 0.3) is 0 Å². The highest BCUT2D eigenvalue weighted by Gasteiger charge is 2.14. The molecular formula is C14H29N3. The Bertz CT molecular complexity index is 208. The number of guanidine groups is 1. The molecule has 3 N–H and O–H groups in total. The lowest BCUT2D eigenvalue weighted by molar-refractivity contribution is 0.606. The van der Waals surface area contributed by atoms with E-state index >= 15 is 0 Å². The number of hydrogen-bond acceptors (Lipinski definition) is 1. The summed E-state index contributed by atoms with van der Waals surface area (Å²) in [4.78, 5) is 4.39. The quantitative estimate of drug-likeness (QED) is 0.388. The molecular weight excluding hydrogens is 210 g/mol. The summed E-state index contributed by atoms with van der Waals surface area (Å²) in [5.41, 5.74) is 5.85. The van der Waals surface area contributed by atoms with Gasteiger partial charge in [-0.2, -0.15) is 0 Å². The van der Waals surface area contributed by atoms with Crippen LogP contribution in [0.3, 0.4) is 0 Å². The van der Waals surface area contributed by atoms with Crippen LogP contribution >= 0.6 is 0 Å². The summed E-state index contributed by atoms with van der Waals surface area (Å²) in [5.74, 6) is 0.658. The Labute approximate surface area is 106 Å². The van der Waals surface area contributed by atoms with Gasteiger partial charge in [0.1, 0.15) is 0 Å². The molecule has 3 heteroatoms. The maximum absolute atomic E-state index is 5.85. The van der Waals surface area contributed by atoms with Crippen molar-refractivity contribution in [1.82, 2.24) is 5.32 Å². The van der Waals surface area contributed by atoms with Crippen LogP contribution in [-0.2, 0) is 0 Å². The Morgan fingerprint density at radius 2 is 1.76 bits per heavy atom. The number of rotatable bonds is 8. The molecule has 0 heterocycles. The fraction of sp³-hybridized carbons (Fsp3) is 0.929. The molecule has 0 aromatic heterocycles. The van der Waals surface area contributed by atoms with Crippen LogP contribution in [0.2, 0.25) is 0 Å². The number of aliphatic imine (C=N–C) groups is 1. The molecule has 0 aromatic carbocycles. The van der Waals surface area contributed by atoms with Gasteiger partial charge in [0.15, 0.2) is 5.96 Å². The van der Waals surface area contributed by atoms with E-state index in [1.807, 2.05) is 0 Å². The Hall–Kier alpha value is -0.730. The van der Waals surface area contributed by atoms with E-state index in [0.29, 0.717) is 12.0 Å². The number of nitrogens with one attached hydrogen (secondary N) is 1. The van der Waals surface area contributed by atoms with Crippen molar-refractivity contribution in [3.8, 4) is 0 Å². The third-order valence-corrected chi connectivity index (χ3v) is 3.50. The van der Waals surface area contributed by atoms with E-state index in [1.54, 1.807) is 0 Å². The molecule has 1 aliphatic rings. The first-order chi connectivity index (χ1) is 8.33. The second-order valence-electron chi connectivity index (χ2n) is 5.16. The molecule has 1 rings (SSSR count). The SMILES string of the molecule is CCCCCCCCN=C(N)NC1CCCC1. The number of nitrogens with two attached hydrogens (primary N) is 1. The minimum Gasteiger partial charge on any atom is -0.370 e. The molecule has 0 bridgehead atoms. The third kappa shape index (κ3) is 7.24. The first kappa shape index (κ1) is 14.3. The Kier molecular flexibility index (Phi) is 7.85. The van der Waals surface area contributed by atoms with Crippen molar-refractivity contribution in [3.63, 3.8) is 0 Å². The summed E-state index contributed by atoms with van der Waals surface area (Å²) in [7, 11) is 0. The number of unbranched alkanes of at least 4 members (excludes halogenated alkanes) is 5. The molecule has 17 heavy (non-hydrogen) atoms. The molecule has 0 radical (unpaired) electrons. The van der Waals surface area contributed by atoms with E-state index in [1.165, 1.54) is 64.2 Å². The minimum absolute atomic E-state index is 0.586. The molecule has 3 nitrogen and oxygen atoms in total. The Morgan fingerprint density at radius 3 is 2.47 bits per heavy atom. The first-order valence-corrected chi connectivity index (χ1v) is 7.39. The number of hydrogen-bond donors (Lipinski definition) is 2. The maximum atomic E-state index is 5.85. The van der Waals surface area contributed by atoms with Gasteiger partial charge in [0.05, 0.1) is 0 Å². The van der Waals surface area contributed by atoms with Gasteiger partial charge in [-0.3, -0.25) is 4.99 Å². The van der Waals surface area contributed by atoms with Crippen molar-refractivity contribution in [2.45, 2.75) is 77.2 Å². The predicted octanol–water partition coefficient (Wildman–Crippen LogP) is 3.19. The summed E-state index contributed by atoms with van der Waals surface area (Å²) in [6.45, 7) is 3.14. The molecule has 0 spiro atoms. The lowest BCUT2D eigenvalue weighted by atomic mass is 10.1. The highest BCUT2D eigenvalue weighted by Crippen LogP contribution is 2.17. The Balaban J connectivity index is 1.95. The number of nitrogens with zero attached hydrogens (tertiary/aromatic N) is 1. The largest absolute Gasteiger partial charge is 0.370 e. The molecule has 0 amide bonds. The molecule has 0 atom stereocenters. The van der Waals surface area contributed by atoms with Crippen LogP contribution in [0.15, 0.2) is 4.99 Å². The van der Waals surface area contributed by atoms with Crippen molar-refractivity contribution in [1.29, 1.82) is 0 Å². The van der Waals surface area contributed by atoms with Crippen LogP contribution in [0.1, 0.15) is 71.1 Å². The molecule has 0 aromatic rings. The van der Waals surface area contributed by atoms with Crippen LogP contribution in [0.5, 0.6) is 0 Å². The lowest BCUT2D eigenvalue weighted by Crippen LogP contribution is -2.38. The van der Waals surface area contributed by atoms with Crippen LogP contribution in [-0.4, -0.2) is 18.5 Å². The smallest absolute Gasteiger partial charge is 0.188 e. The van der Waals surface area contributed by atoms with Gasteiger partial charge in [0.2, 0.25) is 0 Å². The minimum atomic E-state index is 0.586. The molecule has 0 saturated heterocycles. The summed E-state index contributed by atoms with van der Waals surface area (Å²) in [6, 6.07) is 0.586. The van der Waals surface area contributed by atoms with Gasteiger partial charge in [0.25, 0.3) is 0 Å². The van der Waals surface area contributed by atoms with Crippen LogP contribution in [0.4, 0.5) is 0 Å². The van der Waals surface area contributed by atoms with Gasteiger partial charge in [0, 0.05) is 12.6 Å². The molecule has 0 aliphatic heterocycles. The van der Waals surface area contributed by atoms with Gasteiger partial charge in [-0.1, -0.05) is 51.9 Å². The predicted molar refractivity (Wildman–Crippen MR) is 75.3 cm³/mol. The van der Waals surface area contributed by atoms with E-state index < -0.39 is 0 Å². The van der Waals surface area contributed by atoms with Crippen molar-refractivity contribution in [3.05, 3.63) is 0 Å². The normalized spacial score (nSPS) is 17.6. The molecule has 1 fully saturated rings. The summed E-state index contributed by atoms with van der Waals surface area (Å²) in [5, 5.41) is 3.32. The highest BCUT2D eigenvalue weighted by atomic mass is 15.1. The van der Waals surface area contributed by atoms with E-state index in [-0.39, 0.29) is 0 Å². The lowest BCUT2D eigenvalue weighted by Gasteiger charge is -2.12. The molecule has 1 aliphatic carbocycles. The van der Waals surface area contributed by atoms with Crippen molar-refractivity contribution in [2.75, 3.05) is 6.54 Å². The monoisotopic (exact) mass is 239 g/mol. The van der Waals surface area contributed by atoms with E-state index in [9.17, 15) is 0 Å². The van der Waals surface area contributed by atoms with E-state index in [4.69, 9.17) is 5.73 Å². The summed E-state index contributed by atoms with van der Waals surface area (Å²) >= 11 is 0. The molecule has 0 unspecified atom stereocenters. The second-order valence-corrected chi connectivity index (χ2v) is 5.16. The highest BCUT2D eigenvalue weighted by molar-refractivity contribution is 5.78. The summed E-state index contributed by atoms with van der Waals surface area (Å²) < 4.78 is 0. The zero-order chi connectivity index (χ0) is 12.3. The van der Waals surface area contributed by atoms with Crippen molar-refractivity contribution in [2.24, 2.45) is 10.7 Å². The maximum Gasteiger partial charge on any atom is 0.188 e. The van der Waals surface area contributed by atoms with E-state index in [0.717, 1.165) is 6.54 Å². The topological polar surface area (TPSA) is 50.4 Å². The zero-order valence-electron chi connectivity index (χ0n) is 11.4. The first-order valence-electron chi connectivity index (χ1n) is 7.39. The van der Waals surface area contributed by atoms with Crippen molar-refractivity contribution < 1.29 is 0 Å². The van der Waals surface area contributed by atoms with Crippen molar-refractivity contribution >= 4 is 5.96 Å². The Morgan fingerprint density at radius 1 is 1.12 bits per heavy atom.